The van der Waals surface area contributed by atoms with Crippen LogP contribution in [0.15, 0.2) is 24.4 Å². The molecule has 18 heavy (non-hydrogen) atoms. The molecule has 0 bridgehead atoms. The van der Waals surface area contributed by atoms with E-state index < -0.39 is 16.1 Å². The summed E-state index contributed by atoms with van der Waals surface area (Å²) >= 11 is 0. The van der Waals surface area contributed by atoms with Crippen LogP contribution in [0.25, 0.3) is 0 Å². The number of hydrogen-bond donors (Lipinski definition) is 2. The normalized spacial score (nSPS) is 13.8. The van der Waals surface area contributed by atoms with Crippen LogP contribution in [0, 0.1) is 5.92 Å². The fraction of sp³-hybridized carbons (Fsp3) is 0.583. The maximum Gasteiger partial charge on any atom is 0.212 e. The quantitative estimate of drug-likeness (QED) is 0.760. The van der Waals surface area contributed by atoms with Gasteiger partial charge in [-0.15, -0.1) is 0 Å². The SMILES string of the molecule is CC(C)[C@@H](CO)NS(=O)(=O)CCc1ccccn1. The smallest absolute Gasteiger partial charge is 0.212 e. The Morgan fingerprint density at radius 2 is 2.11 bits per heavy atom. The maximum atomic E-state index is 11.8. The van der Waals surface area contributed by atoms with Gasteiger partial charge in [-0.3, -0.25) is 4.98 Å². The first-order chi connectivity index (χ1) is 8.44. The highest BCUT2D eigenvalue weighted by atomic mass is 32.2. The summed E-state index contributed by atoms with van der Waals surface area (Å²) in [6.45, 7) is 3.53. The fourth-order valence-corrected chi connectivity index (χ4v) is 2.86. The molecule has 1 aromatic heterocycles. The molecular weight excluding hydrogens is 252 g/mol. The molecule has 1 aromatic rings. The predicted octanol–water partition coefficient (Wildman–Crippen LogP) is 0.560. The van der Waals surface area contributed by atoms with E-state index in [1.165, 1.54) is 0 Å². The zero-order chi connectivity index (χ0) is 13.6. The molecule has 1 rings (SSSR count). The van der Waals surface area contributed by atoms with Crippen molar-refractivity contribution in [2.24, 2.45) is 5.92 Å². The molecule has 102 valence electrons. The summed E-state index contributed by atoms with van der Waals surface area (Å²) in [5.41, 5.74) is 0.743. The molecule has 0 unspecified atom stereocenters. The van der Waals surface area contributed by atoms with Gasteiger partial charge in [-0.25, -0.2) is 13.1 Å². The Kier molecular flexibility index (Phi) is 5.71. The van der Waals surface area contributed by atoms with E-state index in [0.29, 0.717) is 6.42 Å². The number of aromatic nitrogens is 1. The molecule has 0 radical (unpaired) electrons. The van der Waals surface area contributed by atoms with Crippen LogP contribution in [0.2, 0.25) is 0 Å². The van der Waals surface area contributed by atoms with E-state index in [-0.39, 0.29) is 18.3 Å². The largest absolute Gasteiger partial charge is 0.395 e. The predicted molar refractivity (Wildman–Crippen MR) is 70.6 cm³/mol. The van der Waals surface area contributed by atoms with Crippen molar-refractivity contribution in [3.8, 4) is 0 Å². The number of aliphatic hydroxyl groups is 1. The standard InChI is InChI=1S/C12H20N2O3S/c1-10(2)12(9-15)14-18(16,17)8-6-11-5-3-4-7-13-11/h3-5,7,10,12,14-15H,6,8-9H2,1-2H3/t12-/m1/s1. The van der Waals surface area contributed by atoms with E-state index >= 15 is 0 Å². The first kappa shape index (κ1) is 15.1. The second-order valence-electron chi connectivity index (χ2n) is 4.54. The van der Waals surface area contributed by atoms with Crippen molar-refractivity contribution in [2.75, 3.05) is 12.4 Å². The monoisotopic (exact) mass is 272 g/mol. The van der Waals surface area contributed by atoms with Crippen LogP contribution in [-0.4, -0.2) is 36.9 Å². The van der Waals surface area contributed by atoms with Gasteiger partial charge in [0.05, 0.1) is 12.4 Å². The lowest BCUT2D eigenvalue weighted by atomic mass is 10.1. The van der Waals surface area contributed by atoms with Crippen molar-refractivity contribution in [1.29, 1.82) is 0 Å². The molecule has 0 aliphatic rings. The van der Waals surface area contributed by atoms with E-state index in [1.807, 2.05) is 19.9 Å². The summed E-state index contributed by atoms with van der Waals surface area (Å²) in [4.78, 5) is 4.07. The third-order valence-corrected chi connectivity index (χ3v) is 4.09. The van der Waals surface area contributed by atoms with E-state index in [4.69, 9.17) is 5.11 Å². The number of rotatable bonds is 7. The summed E-state index contributed by atoms with van der Waals surface area (Å²) in [6.07, 6.45) is 2.01. The zero-order valence-electron chi connectivity index (χ0n) is 10.7. The molecule has 0 saturated heterocycles. The Morgan fingerprint density at radius 3 is 2.61 bits per heavy atom. The third-order valence-electron chi connectivity index (χ3n) is 2.69. The Bertz CT molecular complexity index is 446. The van der Waals surface area contributed by atoms with Gasteiger partial charge in [0, 0.05) is 24.4 Å². The van der Waals surface area contributed by atoms with Gasteiger partial charge < -0.3 is 5.11 Å². The topological polar surface area (TPSA) is 79.3 Å². The van der Waals surface area contributed by atoms with Crippen LogP contribution in [0.5, 0.6) is 0 Å². The van der Waals surface area contributed by atoms with Crippen LogP contribution >= 0.6 is 0 Å². The van der Waals surface area contributed by atoms with E-state index in [2.05, 4.69) is 9.71 Å². The van der Waals surface area contributed by atoms with Gasteiger partial charge in [-0.1, -0.05) is 19.9 Å². The average molecular weight is 272 g/mol. The molecule has 6 heteroatoms. The number of aliphatic hydroxyl groups excluding tert-OH is 1. The number of sulfonamides is 1. The lowest BCUT2D eigenvalue weighted by Gasteiger charge is -2.19. The molecule has 0 aromatic carbocycles. The zero-order valence-corrected chi connectivity index (χ0v) is 11.5. The molecule has 1 atom stereocenters. The second-order valence-corrected chi connectivity index (χ2v) is 6.41. The number of nitrogens with zero attached hydrogens (tertiary/aromatic N) is 1. The van der Waals surface area contributed by atoms with Gasteiger partial charge in [-0.2, -0.15) is 0 Å². The molecule has 0 aliphatic heterocycles. The first-order valence-corrected chi connectivity index (χ1v) is 7.60. The third kappa shape index (κ3) is 5.12. The molecule has 1 heterocycles. The number of nitrogens with one attached hydrogen (secondary N) is 1. The van der Waals surface area contributed by atoms with Crippen LogP contribution in [0.1, 0.15) is 19.5 Å². The van der Waals surface area contributed by atoms with Crippen molar-refractivity contribution in [1.82, 2.24) is 9.71 Å². The summed E-state index contributed by atoms with van der Waals surface area (Å²) in [5, 5.41) is 9.11. The molecule has 5 nitrogen and oxygen atoms in total. The second kappa shape index (κ2) is 6.82. The Labute approximate surface area is 108 Å². The van der Waals surface area contributed by atoms with Crippen molar-refractivity contribution < 1.29 is 13.5 Å². The molecule has 0 fully saturated rings. The summed E-state index contributed by atoms with van der Waals surface area (Å²) in [7, 11) is -3.39. The van der Waals surface area contributed by atoms with Crippen molar-refractivity contribution in [3.05, 3.63) is 30.1 Å². The average Bonchev–Trinajstić information content (AvgIpc) is 2.35. The molecule has 0 spiro atoms. The van der Waals surface area contributed by atoms with Gasteiger partial charge in [0.2, 0.25) is 10.0 Å². The maximum absolute atomic E-state index is 11.8. The highest BCUT2D eigenvalue weighted by Gasteiger charge is 2.19. The van der Waals surface area contributed by atoms with Crippen LogP contribution in [0.3, 0.4) is 0 Å². The Morgan fingerprint density at radius 1 is 1.39 bits per heavy atom. The van der Waals surface area contributed by atoms with Crippen LogP contribution in [-0.2, 0) is 16.4 Å². The summed E-state index contributed by atoms with van der Waals surface area (Å²) in [6, 6.07) is 4.98. The molecule has 2 N–H and O–H groups in total. The van der Waals surface area contributed by atoms with Crippen molar-refractivity contribution in [2.45, 2.75) is 26.3 Å². The van der Waals surface area contributed by atoms with Gasteiger partial charge in [0.15, 0.2) is 0 Å². The van der Waals surface area contributed by atoms with Crippen LogP contribution in [0.4, 0.5) is 0 Å². The number of pyridine rings is 1. The van der Waals surface area contributed by atoms with E-state index in [1.54, 1.807) is 18.3 Å². The molecule has 0 saturated carbocycles. The van der Waals surface area contributed by atoms with Gasteiger partial charge in [0.25, 0.3) is 0 Å². The Balaban J connectivity index is 2.55. The minimum absolute atomic E-state index is 0.0206. The number of hydrogen-bond acceptors (Lipinski definition) is 4. The van der Waals surface area contributed by atoms with Gasteiger partial charge in [0.1, 0.15) is 0 Å². The van der Waals surface area contributed by atoms with Gasteiger partial charge in [-0.05, 0) is 18.1 Å². The minimum Gasteiger partial charge on any atom is -0.395 e. The fourth-order valence-electron chi connectivity index (χ4n) is 1.46. The van der Waals surface area contributed by atoms with E-state index in [9.17, 15) is 8.42 Å². The molecule has 0 amide bonds. The van der Waals surface area contributed by atoms with Crippen LogP contribution < -0.4 is 4.72 Å². The lowest BCUT2D eigenvalue weighted by Crippen LogP contribution is -2.42. The summed E-state index contributed by atoms with van der Waals surface area (Å²) in [5.74, 6) is 0.0346. The van der Waals surface area contributed by atoms with Crippen molar-refractivity contribution in [3.63, 3.8) is 0 Å². The number of aryl methyl sites for hydroxylation is 1. The summed E-state index contributed by atoms with van der Waals surface area (Å²) < 4.78 is 26.2. The highest BCUT2D eigenvalue weighted by Crippen LogP contribution is 2.04. The van der Waals surface area contributed by atoms with E-state index in [0.717, 1.165) is 5.69 Å². The van der Waals surface area contributed by atoms with Gasteiger partial charge >= 0.3 is 0 Å². The molecular formula is C12H20N2O3S. The lowest BCUT2D eigenvalue weighted by molar-refractivity contribution is 0.227. The highest BCUT2D eigenvalue weighted by molar-refractivity contribution is 7.89. The minimum atomic E-state index is -3.39. The van der Waals surface area contributed by atoms with Crippen molar-refractivity contribution >= 4 is 10.0 Å². The Hall–Kier alpha value is -0.980. The first-order valence-electron chi connectivity index (χ1n) is 5.95. The molecule has 0 aliphatic carbocycles.